The zero-order valence-electron chi connectivity index (χ0n) is 5.23. The highest BCUT2D eigenvalue weighted by Gasteiger charge is 1.91. The Kier molecular flexibility index (Phi) is 6.55. The molecule has 0 fully saturated rings. The first-order valence-corrected chi connectivity index (χ1v) is 2.15. The van der Waals surface area contributed by atoms with Gasteiger partial charge in [-0.3, -0.25) is 4.70 Å². The van der Waals surface area contributed by atoms with Crippen molar-refractivity contribution >= 4 is 11.9 Å². The summed E-state index contributed by atoms with van der Waals surface area (Å²) in [5, 5.41) is 7.96. The Balaban J connectivity index is 0. The highest BCUT2D eigenvalue weighted by atomic mass is 19.0. The number of carbonyl (C=O) groups excluding carboxylic acids is 1. The number of esters is 1. The van der Waals surface area contributed by atoms with Gasteiger partial charge < -0.3 is 9.84 Å². The first-order valence-electron chi connectivity index (χ1n) is 2.15. The number of ether oxygens (including phenoxy) is 1. The number of aliphatic carboxylic acids is 1. The smallest absolute Gasteiger partial charge is 0.330 e. The Morgan fingerprint density at radius 2 is 1.90 bits per heavy atom. The van der Waals surface area contributed by atoms with E-state index in [0.717, 1.165) is 6.08 Å². The molecule has 0 aromatic heterocycles. The molecule has 0 unspecified atom stereocenters. The summed E-state index contributed by atoms with van der Waals surface area (Å²) in [6, 6.07) is 0. The summed E-state index contributed by atoms with van der Waals surface area (Å²) in [5.41, 5.74) is 0. The van der Waals surface area contributed by atoms with E-state index in [0.29, 0.717) is 6.08 Å². The maximum atomic E-state index is 10.1. The minimum Gasteiger partial charge on any atom is -0.478 e. The molecule has 0 aliphatic carbocycles. The van der Waals surface area contributed by atoms with Crippen molar-refractivity contribution in [3.63, 3.8) is 0 Å². The highest BCUT2D eigenvalue weighted by molar-refractivity contribution is 5.90. The van der Waals surface area contributed by atoms with Crippen LogP contribution < -0.4 is 0 Å². The first-order chi connectivity index (χ1) is 4.16. The summed E-state index contributed by atoms with van der Waals surface area (Å²) in [6.45, 7) is 0. The molecule has 0 bridgehead atoms. The van der Waals surface area contributed by atoms with Gasteiger partial charge in [0.2, 0.25) is 0 Å². The standard InChI is InChI=1S/C5H6O4.FH/c1-9-5(8)3-2-4(6)7;/h2-3H,1H3,(H,6,7);1H/b3-2-;. The maximum Gasteiger partial charge on any atom is 0.330 e. The molecule has 0 aromatic rings. The number of halogens is 1. The minimum atomic E-state index is -1.17. The van der Waals surface area contributed by atoms with Gasteiger partial charge in [0.25, 0.3) is 0 Å². The van der Waals surface area contributed by atoms with Gasteiger partial charge in [0.05, 0.1) is 7.11 Å². The van der Waals surface area contributed by atoms with Crippen LogP contribution in [-0.4, -0.2) is 24.2 Å². The van der Waals surface area contributed by atoms with E-state index < -0.39 is 11.9 Å². The molecular formula is C5H7FO4. The molecule has 0 saturated carbocycles. The van der Waals surface area contributed by atoms with E-state index in [2.05, 4.69) is 4.74 Å². The predicted molar refractivity (Wildman–Crippen MR) is 31.3 cm³/mol. The molecule has 1 N–H and O–H groups in total. The number of carbonyl (C=O) groups is 2. The van der Waals surface area contributed by atoms with Crippen molar-refractivity contribution in [1.82, 2.24) is 0 Å². The van der Waals surface area contributed by atoms with Gasteiger partial charge in [0.15, 0.2) is 0 Å². The van der Waals surface area contributed by atoms with Gasteiger partial charge in [-0.2, -0.15) is 0 Å². The van der Waals surface area contributed by atoms with E-state index in [1.807, 2.05) is 0 Å². The second-order valence-corrected chi connectivity index (χ2v) is 1.19. The molecule has 0 spiro atoms. The molecule has 0 atom stereocenters. The van der Waals surface area contributed by atoms with Crippen LogP contribution in [0.1, 0.15) is 0 Å². The van der Waals surface area contributed by atoms with Crippen LogP contribution in [0.2, 0.25) is 0 Å². The summed E-state index contributed by atoms with van der Waals surface area (Å²) in [7, 11) is 1.18. The van der Waals surface area contributed by atoms with Gasteiger partial charge in [-0.1, -0.05) is 0 Å². The van der Waals surface area contributed by atoms with Gasteiger partial charge in [-0.25, -0.2) is 9.59 Å². The molecule has 0 aliphatic heterocycles. The maximum absolute atomic E-state index is 10.1. The van der Waals surface area contributed by atoms with Gasteiger partial charge in [-0.05, 0) is 0 Å². The molecule has 0 rings (SSSR count). The highest BCUT2D eigenvalue weighted by Crippen LogP contribution is 1.76. The van der Waals surface area contributed by atoms with E-state index in [-0.39, 0.29) is 4.70 Å². The molecule has 58 valence electrons. The Hall–Kier alpha value is -1.39. The van der Waals surface area contributed by atoms with E-state index in [1.165, 1.54) is 7.11 Å². The average molecular weight is 150 g/mol. The molecular weight excluding hydrogens is 143 g/mol. The molecule has 10 heavy (non-hydrogen) atoms. The Bertz CT molecular complexity index is 152. The van der Waals surface area contributed by atoms with Gasteiger partial charge in [0, 0.05) is 12.2 Å². The molecule has 0 heterocycles. The number of hydrogen-bond donors (Lipinski definition) is 1. The van der Waals surface area contributed by atoms with Crippen molar-refractivity contribution in [2.45, 2.75) is 0 Å². The summed E-state index contributed by atoms with van der Waals surface area (Å²) in [4.78, 5) is 19.9. The van der Waals surface area contributed by atoms with Gasteiger partial charge in [-0.15, -0.1) is 0 Å². The first kappa shape index (κ1) is 11.4. The largest absolute Gasteiger partial charge is 0.478 e. The van der Waals surface area contributed by atoms with E-state index in [1.54, 1.807) is 0 Å². The zero-order valence-corrected chi connectivity index (χ0v) is 5.23. The average Bonchev–Trinajstić information content (AvgIpc) is 1.83. The summed E-state index contributed by atoms with van der Waals surface area (Å²) >= 11 is 0. The SMILES string of the molecule is COC(=O)/C=C\C(=O)O.F. The zero-order chi connectivity index (χ0) is 7.28. The second kappa shape index (κ2) is 5.74. The van der Waals surface area contributed by atoms with E-state index in [9.17, 15) is 9.59 Å². The minimum absolute atomic E-state index is 0. The number of hydrogen-bond acceptors (Lipinski definition) is 3. The number of carboxylic acid groups (broad SMARTS) is 1. The van der Waals surface area contributed by atoms with Crippen molar-refractivity contribution in [2.24, 2.45) is 0 Å². The lowest BCUT2D eigenvalue weighted by Crippen LogP contribution is -1.96. The normalized spacial score (nSPS) is 8.50. The predicted octanol–water partition coefficient (Wildman–Crippen LogP) is -0.0473. The quantitative estimate of drug-likeness (QED) is 0.443. The Labute approximate surface area is 56.5 Å². The van der Waals surface area contributed by atoms with Crippen LogP contribution in [0, 0.1) is 0 Å². The number of carboxylic acids is 1. The summed E-state index contributed by atoms with van der Waals surface area (Å²) in [5.74, 6) is -1.84. The third kappa shape index (κ3) is 6.61. The molecule has 0 radical (unpaired) electrons. The van der Waals surface area contributed by atoms with Crippen molar-refractivity contribution in [1.29, 1.82) is 0 Å². The fourth-order valence-corrected chi connectivity index (χ4v) is 0.207. The molecule has 0 aromatic carbocycles. The lowest BCUT2D eigenvalue weighted by Gasteiger charge is -1.85. The second-order valence-electron chi connectivity index (χ2n) is 1.19. The van der Waals surface area contributed by atoms with E-state index >= 15 is 0 Å². The topological polar surface area (TPSA) is 63.6 Å². The molecule has 0 aliphatic rings. The van der Waals surface area contributed by atoms with Crippen LogP contribution >= 0.6 is 0 Å². The number of rotatable bonds is 2. The van der Waals surface area contributed by atoms with Gasteiger partial charge in [0.1, 0.15) is 0 Å². The van der Waals surface area contributed by atoms with Crippen molar-refractivity contribution < 1.29 is 24.1 Å². The monoisotopic (exact) mass is 150 g/mol. The lowest BCUT2D eigenvalue weighted by molar-refractivity contribution is -0.136. The van der Waals surface area contributed by atoms with E-state index in [4.69, 9.17) is 5.11 Å². The van der Waals surface area contributed by atoms with Crippen molar-refractivity contribution in [3.05, 3.63) is 12.2 Å². The summed E-state index contributed by atoms with van der Waals surface area (Å²) in [6.07, 6.45) is 1.55. The Morgan fingerprint density at radius 3 is 2.20 bits per heavy atom. The Morgan fingerprint density at radius 1 is 1.40 bits per heavy atom. The van der Waals surface area contributed by atoms with Crippen molar-refractivity contribution in [2.75, 3.05) is 7.11 Å². The fraction of sp³-hybridized carbons (Fsp3) is 0.200. The lowest BCUT2D eigenvalue weighted by atomic mass is 10.5. The van der Waals surface area contributed by atoms with Crippen LogP contribution in [0.5, 0.6) is 0 Å². The van der Waals surface area contributed by atoms with Crippen LogP contribution in [-0.2, 0) is 14.3 Å². The number of methoxy groups -OCH3 is 1. The fourth-order valence-electron chi connectivity index (χ4n) is 0.207. The molecule has 0 saturated heterocycles. The third-order valence-corrected chi connectivity index (χ3v) is 0.563. The van der Waals surface area contributed by atoms with Crippen LogP contribution in [0.4, 0.5) is 4.70 Å². The van der Waals surface area contributed by atoms with Gasteiger partial charge >= 0.3 is 11.9 Å². The molecule has 4 nitrogen and oxygen atoms in total. The van der Waals surface area contributed by atoms with Crippen LogP contribution in [0.15, 0.2) is 12.2 Å². The van der Waals surface area contributed by atoms with Crippen LogP contribution in [0.3, 0.4) is 0 Å². The molecule has 5 heteroatoms. The summed E-state index contributed by atoms with van der Waals surface area (Å²) < 4.78 is 4.11. The van der Waals surface area contributed by atoms with Crippen molar-refractivity contribution in [3.8, 4) is 0 Å². The third-order valence-electron chi connectivity index (χ3n) is 0.563. The molecule has 0 amide bonds. The van der Waals surface area contributed by atoms with Crippen LogP contribution in [0.25, 0.3) is 0 Å².